The molecular formula is C9H7BrN2O. The highest BCUT2D eigenvalue weighted by atomic mass is 79.9. The molecule has 0 fully saturated rings. The first-order valence-electron chi connectivity index (χ1n) is 3.80. The third kappa shape index (κ3) is 1.62. The molecule has 0 radical (unpaired) electrons. The van der Waals surface area contributed by atoms with E-state index in [0.717, 1.165) is 15.6 Å². The Morgan fingerprint density at radius 3 is 2.85 bits per heavy atom. The van der Waals surface area contributed by atoms with Gasteiger partial charge in [-0.3, -0.25) is 0 Å². The summed E-state index contributed by atoms with van der Waals surface area (Å²) < 4.78 is 6.16. The summed E-state index contributed by atoms with van der Waals surface area (Å²) in [5.41, 5.74) is 2.09. The van der Waals surface area contributed by atoms with Gasteiger partial charge < -0.3 is 4.42 Å². The van der Waals surface area contributed by atoms with E-state index in [1.165, 1.54) is 6.39 Å². The molecule has 0 unspecified atom stereocenters. The second-order valence-electron chi connectivity index (χ2n) is 2.71. The van der Waals surface area contributed by atoms with Crippen molar-refractivity contribution in [2.75, 3.05) is 0 Å². The summed E-state index contributed by atoms with van der Waals surface area (Å²) in [6.45, 7) is 2.02. The Labute approximate surface area is 83.9 Å². The average Bonchev–Trinajstić information content (AvgIpc) is 2.62. The SMILES string of the molecule is Cc1cc(-c2nnco2)ccc1Br. The lowest BCUT2D eigenvalue weighted by Gasteiger charge is -1.99. The van der Waals surface area contributed by atoms with Crippen molar-refractivity contribution in [2.45, 2.75) is 6.92 Å². The van der Waals surface area contributed by atoms with Gasteiger partial charge in [0.25, 0.3) is 0 Å². The molecular weight excluding hydrogens is 232 g/mol. The van der Waals surface area contributed by atoms with E-state index in [1.807, 2.05) is 25.1 Å². The molecule has 0 atom stereocenters. The minimum absolute atomic E-state index is 0.551. The summed E-state index contributed by atoms with van der Waals surface area (Å²) in [4.78, 5) is 0. The lowest BCUT2D eigenvalue weighted by molar-refractivity contribution is 0.568. The number of nitrogens with zero attached hydrogens (tertiary/aromatic N) is 2. The van der Waals surface area contributed by atoms with Gasteiger partial charge in [0, 0.05) is 10.0 Å². The Balaban J connectivity index is 2.49. The zero-order chi connectivity index (χ0) is 9.26. The fourth-order valence-electron chi connectivity index (χ4n) is 1.08. The van der Waals surface area contributed by atoms with Crippen LogP contribution in [0.4, 0.5) is 0 Å². The number of aromatic nitrogens is 2. The first kappa shape index (κ1) is 8.44. The number of aryl methyl sites for hydroxylation is 1. The van der Waals surface area contributed by atoms with Crippen molar-refractivity contribution in [3.63, 3.8) is 0 Å². The maximum atomic E-state index is 5.08. The lowest BCUT2D eigenvalue weighted by Crippen LogP contribution is -1.81. The second-order valence-corrected chi connectivity index (χ2v) is 3.56. The van der Waals surface area contributed by atoms with Crippen LogP contribution in [0.3, 0.4) is 0 Å². The number of rotatable bonds is 1. The molecule has 4 heteroatoms. The highest BCUT2D eigenvalue weighted by molar-refractivity contribution is 9.10. The van der Waals surface area contributed by atoms with E-state index in [-0.39, 0.29) is 0 Å². The zero-order valence-corrected chi connectivity index (χ0v) is 8.58. The van der Waals surface area contributed by atoms with Gasteiger partial charge in [-0.2, -0.15) is 0 Å². The Bertz CT molecular complexity index is 412. The van der Waals surface area contributed by atoms with Crippen molar-refractivity contribution in [3.8, 4) is 11.5 Å². The highest BCUT2D eigenvalue weighted by Gasteiger charge is 2.04. The molecule has 13 heavy (non-hydrogen) atoms. The molecule has 66 valence electrons. The molecule has 0 saturated heterocycles. The van der Waals surface area contributed by atoms with E-state index >= 15 is 0 Å². The Morgan fingerprint density at radius 1 is 1.38 bits per heavy atom. The number of hydrogen-bond acceptors (Lipinski definition) is 3. The van der Waals surface area contributed by atoms with Crippen molar-refractivity contribution < 1.29 is 4.42 Å². The van der Waals surface area contributed by atoms with Crippen molar-refractivity contribution in [1.82, 2.24) is 10.2 Å². The van der Waals surface area contributed by atoms with Gasteiger partial charge in [-0.25, -0.2) is 0 Å². The van der Waals surface area contributed by atoms with Crippen LogP contribution in [0.5, 0.6) is 0 Å². The van der Waals surface area contributed by atoms with Gasteiger partial charge in [0.1, 0.15) is 0 Å². The largest absolute Gasteiger partial charge is 0.423 e. The summed E-state index contributed by atoms with van der Waals surface area (Å²) in [6, 6.07) is 5.90. The third-order valence-corrected chi connectivity index (χ3v) is 2.65. The van der Waals surface area contributed by atoms with Gasteiger partial charge in [0.2, 0.25) is 12.3 Å². The van der Waals surface area contributed by atoms with Gasteiger partial charge >= 0.3 is 0 Å². The smallest absolute Gasteiger partial charge is 0.247 e. The molecule has 1 heterocycles. The molecule has 0 aliphatic carbocycles. The van der Waals surface area contributed by atoms with E-state index in [4.69, 9.17) is 4.42 Å². The summed E-state index contributed by atoms with van der Waals surface area (Å²) in [6.07, 6.45) is 1.33. The van der Waals surface area contributed by atoms with Gasteiger partial charge in [0.15, 0.2) is 0 Å². The molecule has 0 bridgehead atoms. The van der Waals surface area contributed by atoms with Crippen molar-refractivity contribution in [3.05, 3.63) is 34.6 Å². The minimum atomic E-state index is 0.551. The summed E-state index contributed by atoms with van der Waals surface area (Å²) >= 11 is 3.43. The number of halogens is 1. The molecule has 2 rings (SSSR count). The molecule has 1 aromatic heterocycles. The van der Waals surface area contributed by atoms with Gasteiger partial charge in [0.05, 0.1) is 0 Å². The highest BCUT2D eigenvalue weighted by Crippen LogP contribution is 2.22. The molecule has 0 spiro atoms. The predicted molar refractivity (Wildman–Crippen MR) is 52.2 cm³/mol. The van der Waals surface area contributed by atoms with Crippen molar-refractivity contribution in [1.29, 1.82) is 0 Å². The fourth-order valence-corrected chi connectivity index (χ4v) is 1.32. The van der Waals surface area contributed by atoms with Gasteiger partial charge in [-0.05, 0) is 30.7 Å². The van der Waals surface area contributed by atoms with Crippen LogP contribution in [0.1, 0.15) is 5.56 Å². The summed E-state index contributed by atoms with van der Waals surface area (Å²) in [5, 5.41) is 7.45. The molecule has 1 aromatic carbocycles. The normalized spacial score (nSPS) is 10.3. The standard InChI is InChI=1S/C9H7BrN2O/c1-6-4-7(2-3-8(6)10)9-12-11-5-13-9/h2-5H,1H3. The van der Waals surface area contributed by atoms with Crippen LogP contribution in [0.15, 0.2) is 33.5 Å². The zero-order valence-electron chi connectivity index (χ0n) is 6.99. The maximum absolute atomic E-state index is 5.08. The van der Waals surface area contributed by atoms with Crippen LogP contribution in [-0.2, 0) is 0 Å². The average molecular weight is 239 g/mol. The van der Waals surface area contributed by atoms with Crippen LogP contribution in [-0.4, -0.2) is 10.2 Å². The quantitative estimate of drug-likeness (QED) is 0.767. The molecule has 0 saturated carbocycles. The molecule has 0 aliphatic heterocycles. The summed E-state index contributed by atoms with van der Waals surface area (Å²) in [5.74, 6) is 0.551. The van der Waals surface area contributed by atoms with Crippen LogP contribution in [0, 0.1) is 6.92 Å². The molecule has 3 nitrogen and oxygen atoms in total. The Kier molecular flexibility index (Phi) is 2.14. The van der Waals surface area contributed by atoms with E-state index in [2.05, 4.69) is 26.1 Å². The number of hydrogen-bond donors (Lipinski definition) is 0. The molecule has 2 aromatic rings. The fraction of sp³-hybridized carbons (Fsp3) is 0.111. The van der Waals surface area contributed by atoms with Gasteiger partial charge in [-0.1, -0.05) is 15.9 Å². The van der Waals surface area contributed by atoms with Crippen LogP contribution >= 0.6 is 15.9 Å². The van der Waals surface area contributed by atoms with Crippen LogP contribution in [0.25, 0.3) is 11.5 Å². The first-order chi connectivity index (χ1) is 6.27. The topological polar surface area (TPSA) is 38.9 Å². The third-order valence-electron chi connectivity index (χ3n) is 1.76. The molecule has 0 amide bonds. The lowest BCUT2D eigenvalue weighted by atomic mass is 10.1. The molecule has 0 aliphatic rings. The maximum Gasteiger partial charge on any atom is 0.247 e. The molecule has 0 N–H and O–H groups in total. The Morgan fingerprint density at radius 2 is 2.23 bits per heavy atom. The van der Waals surface area contributed by atoms with E-state index < -0.39 is 0 Å². The summed E-state index contributed by atoms with van der Waals surface area (Å²) in [7, 11) is 0. The Hall–Kier alpha value is -1.16. The van der Waals surface area contributed by atoms with Crippen LogP contribution < -0.4 is 0 Å². The van der Waals surface area contributed by atoms with E-state index in [1.54, 1.807) is 0 Å². The van der Waals surface area contributed by atoms with Gasteiger partial charge in [-0.15, -0.1) is 10.2 Å². The van der Waals surface area contributed by atoms with Crippen molar-refractivity contribution >= 4 is 15.9 Å². The minimum Gasteiger partial charge on any atom is -0.423 e. The predicted octanol–water partition coefficient (Wildman–Crippen LogP) is 2.81. The van der Waals surface area contributed by atoms with Crippen molar-refractivity contribution in [2.24, 2.45) is 0 Å². The number of benzene rings is 1. The van der Waals surface area contributed by atoms with Crippen LogP contribution in [0.2, 0.25) is 0 Å². The second kappa shape index (κ2) is 3.30. The van der Waals surface area contributed by atoms with E-state index in [0.29, 0.717) is 5.89 Å². The van der Waals surface area contributed by atoms with E-state index in [9.17, 15) is 0 Å². The first-order valence-corrected chi connectivity index (χ1v) is 4.59. The monoisotopic (exact) mass is 238 g/mol.